The summed E-state index contributed by atoms with van der Waals surface area (Å²) in [5.74, 6) is -0.973. The normalized spacial score (nSPS) is 21.6. The lowest BCUT2D eigenvalue weighted by Gasteiger charge is -2.22. The van der Waals surface area contributed by atoms with Crippen molar-refractivity contribution in [3.8, 4) is 0 Å². The number of methoxy groups -OCH3 is 1. The molecule has 6 heteroatoms. The van der Waals surface area contributed by atoms with E-state index in [1.54, 1.807) is 0 Å². The van der Waals surface area contributed by atoms with Crippen molar-refractivity contribution in [3.05, 3.63) is 0 Å². The molecule has 0 saturated carbocycles. The van der Waals surface area contributed by atoms with E-state index in [9.17, 15) is 14.7 Å². The largest absolute Gasteiger partial charge is 0.467 e. The van der Waals surface area contributed by atoms with Crippen LogP contribution in [0.15, 0.2) is 0 Å². The van der Waals surface area contributed by atoms with Crippen LogP contribution in [0, 0.1) is 0 Å². The molecule has 6 nitrogen and oxygen atoms in total. The van der Waals surface area contributed by atoms with Crippen LogP contribution >= 0.6 is 0 Å². The van der Waals surface area contributed by atoms with E-state index < -0.39 is 12.1 Å². The molecule has 0 radical (unpaired) electrons. The zero-order valence-corrected chi connectivity index (χ0v) is 9.98. The van der Waals surface area contributed by atoms with Gasteiger partial charge in [-0.3, -0.25) is 4.79 Å². The Balaban J connectivity index is 2.18. The van der Waals surface area contributed by atoms with E-state index in [2.05, 4.69) is 10.1 Å². The molecule has 98 valence electrons. The summed E-state index contributed by atoms with van der Waals surface area (Å²) in [6.45, 7) is 0.570. The molecular formula is C11H19NO5. The first-order chi connectivity index (χ1) is 8.13. The zero-order chi connectivity index (χ0) is 12.7. The maximum absolute atomic E-state index is 11.5. The third-order valence-corrected chi connectivity index (χ3v) is 2.65. The van der Waals surface area contributed by atoms with Gasteiger partial charge in [0, 0.05) is 6.61 Å². The molecule has 2 atom stereocenters. The lowest BCUT2D eigenvalue weighted by Crippen LogP contribution is -2.38. The molecule has 0 bridgehead atoms. The maximum atomic E-state index is 11.5. The number of amides is 1. The average Bonchev–Trinajstić information content (AvgIpc) is 2.36. The van der Waals surface area contributed by atoms with Crippen molar-refractivity contribution in [2.24, 2.45) is 0 Å². The third-order valence-electron chi connectivity index (χ3n) is 2.65. The number of hydrogen-bond acceptors (Lipinski definition) is 5. The van der Waals surface area contributed by atoms with Crippen LogP contribution in [-0.4, -0.2) is 49.5 Å². The van der Waals surface area contributed by atoms with Gasteiger partial charge < -0.3 is 19.9 Å². The summed E-state index contributed by atoms with van der Waals surface area (Å²) in [6, 6.07) is 0. The fraction of sp³-hybridized carbons (Fsp3) is 0.818. The second-order valence-electron chi connectivity index (χ2n) is 4.04. The highest BCUT2D eigenvalue weighted by molar-refractivity contribution is 5.79. The molecular weight excluding hydrogens is 226 g/mol. The first-order valence-corrected chi connectivity index (χ1v) is 5.77. The van der Waals surface area contributed by atoms with Crippen LogP contribution in [0.25, 0.3) is 0 Å². The number of aliphatic hydroxyl groups excluding tert-OH is 1. The molecule has 0 spiro atoms. The molecule has 0 aromatic heterocycles. The number of carbonyl (C=O) groups is 2. The van der Waals surface area contributed by atoms with Crippen molar-refractivity contribution in [3.63, 3.8) is 0 Å². The van der Waals surface area contributed by atoms with Gasteiger partial charge in [-0.05, 0) is 19.3 Å². The monoisotopic (exact) mass is 245 g/mol. The van der Waals surface area contributed by atoms with Crippen molar-refractivity contribution in [1.29, 1.82) is 0 Å². The third kappa shape index (κ3) is 5.14. The number of carbonyl (C=O) groups excluding carboxylic acids is 2. The fourth-order valence-electron chi connectivity index (χ4n) is 1.68. The molecule has 1 fully saturated rings. The Kier molecular flexibility index (Phi) is 5.93. The number of rotatable bonds is 5. The van der Waals surface area contributed by atoms with Gasteiger partial charge in [-0.25, -0.2) is 4.79 Å². The summed E-state index contributed by atoms with van der Waals surface area (Å²) < 4.78 is 9.74. The lowest BCUT2D eigenvalue weighted by atomic mass is 10.1. The van der Waals surface area contributed by atoms with Gasteiger partial charge in [0.15, 0.2) is 6.10 Å². The number of nitrogens with one attached hydrogen (secondary N) is 1. The van der Waals surface area contributed by atoms with Gasteiger partial charge >= 0.3 is 5.97 Å². The molecule has 2 unspecified atom stereocenters. The number of ether oxygens (including phenoxy) is 2. The Labute approximate surface area is 100 Å². The molecule has 1 saturated heterocycles. The van der Waals surface area contributed by atoms with Crippen molar-refractivity contribution in [2.45, 2.75) is 37.9 Å². The van der Waals surface area contributed by atoms with E-state index >= 15 is 0 Å². The van der Waals surface area contributed by atoms with Crippen molar-refractivity contribution >= 4 is 11.9 Å². The Morgan fingerprint density at radius 1 is 1.53 bits per heavy atom. The SMILES string of the molecule is COC(=O)C(O)CNC(=O)CC1CCCCO1. The number of hydrogen-bond donors (Lipinski definition) is 2. The van der Waals surface area contributed by atoms with E-state index in [1.807, 2.05) is 0 Å². The van der Waals surface area contributed by atoms with Crippen LogP contribution in [0.3, 0.4) is 0 Å². The van der Waals surface area contributed by atoms with Gasteiger partial charge in [0.05, 0.1) is 26.2 Å². The van der Waals surface area contributed by atoms with Crippen molar-refractivity contribution in [1.82, 2.24) is 5.32 Å². The van der Waals surface area contributed by atoms with Crippen LogP contribution in [0.4, 0.5) is 0 Å². The first-order valence-electron chi connectivity index (χ1n) is 5.77. The van der Waals surface area contributed by atoms with Crippen LogP contribution in [0.5, 0.6) is 0 Å². The summed E-state index contributed by atoms with van der Waals surface area (Å²) in [5, 5.41) is 11.7. The second-order valence-corrected chi connectivity index (χ2v) is 4.04. The average molecular weight is 245 g/mol. The smallest absolute Gasteiger partial charge is 0.336 e. The summed E-state index contributed by atoms with van der Waals surface area (Å²) in [6.07, 6.45) is 1.92. The van der Waals surface area contributed by atoms with E-state index in [4.69, 9.17) is 4.74 Å². The minimum Gasteiger partial charge on any atom is -0.467 e. The minimum atomic E-state index is -1.31. The second kappa shape index (κ2) is 7.24. The topological polar surface area (TPSA) is 84.9 Å². The lowest BCUT2D eigenvalue weighted by molar-refractivity contribution is -0.150. The zero-order valence-electron chi connectivity index (χ0n) is 9.98. The molecule has 2 N–H and O–H groups in total. The van der Waals surface area contributed by atoms with E-state index in [0.29, 0.717) is 6.61 Å². The minimum absolute atomic E-state index is 0.0426. The van der Waals surface area contributed by atoms with Gasteiger partial charge in [-0.15, -0.1) is 0 Å². The standard InChI is InChI=1S/C11H19NO5/c1-16-11(15)9(13)7-12-10(14)6-8-4-2-3-5-17-8/h8-9,13H,2-7H2,1H3,(H,12,14). The Hall–Kier alpha value is -1.14. The quantitative estimate of drug-likeness (QED) is 0.643. The number of esters is 1. The van der Waals surface area contributed by atoms with E-state index in [0.717, 1.165) is 19.3 Å². The molecule has 1 heterocycles. The molecule has 0 aliphatic carbocycles. The molecule has 1 rings (SSSR count). The highest BCUT2D eigenvalue weighted by Gasteiger charge is 2.20. The summed E-state index contributed by atoms with van der Waals surface area (Å²) in [5.41, 5.74) is 0. The Morgan fingerprint density at radius 2 is 2.29 bits per heavy atom. The van der Waals surface area contributed by atoms with Crippen LogP contribution in [0.1, 0.15) is 25.7 Å². The molecule has 17 heavy (non-hydrogen) atoms. The molecule has 1 aliphatic heterocycles. The van der Waals surface area contributed by atoms with Gasteiger partial charge in [0.1, 0.15) is 0 Å². The van der Waals surface area contributed by atoms with Crippen LogP contribution in [-0.2, 0) is 19.1 Å². The van der Waals surface area contributed by atoms with Crippen molar-refractivity contribution < 1.29 is 24.2 Å². The Bertz CT molecular complexity index is 263. The van der Waals surface area contributed by atoms with E-state index in [-0.39, 0.29) is 25.0 Å². The molecule has 1 amide bonds. The summed E-state index contributed by atoms with van der Waals surface area (Å²) in [7, 11) is 1.18. The summed E-state index contributed by atoms with van der Waals surface area (Å²) in [4.78, 5) is 22.3. The molecule has 1 aliphatic rings. The van der Waals surface area contributed by atoms with Gasteiger partial charge in [-0.1, -0.05) is 0 Å². The van der Waals surface area contributed by atoms with Gasteiger partial charge in [-0.2, -0.15) is 0 Å². The highest BCUT2D eigenvalue weighted by atomic mass is 16.5. The summed E-state index contributed by atoms with van der Waals surface area (Å²) >= 11 is 0. The number of aliphatic hydroxyl groups is 1. The van der Waals surface area contributed by atoms with Gasteiger partial charge in [0.2, 0.25) is 5.91 Å². The predicted molar refractivity (Wildman–Crippen MR) is 59.2 cm³/mol. The predicted octanol–water partition coefficient (Wildman–Crippen LogP) is -0.404. The van der Waals surface area contributed by atoms with Crippen LogP contribution < -0.4 is 5.32 Å². The van der Waals surface area contributed by atoms with Crippen LogP contribution in [0.2, 0.25) is 0 Å². The highest BCUT2D eigenvalue weighted by Crippen LogP contribution is 2.15. The Morgan fingerprint density at radius 3 is 2.88 bits per heavy atom. The maximum Gasteiger partial charge on any atom is 0.336 e. The molecule has 0 aromatic carbocycles. The fourth-order valence-corrected chi connectivity index (χ4v) is 1.68. The van der Waals surface area contributed by atoms with Crippen molar-refractivity contribution in [2.75, 3.05) is 20.3 Å². The molecule has 0 aromatic rings. The van der Waals surface area contributed by atoms with Gasteiger partial charge in [0.25, 0.3) is 0 Å². The van der Waals surface area contributed by atoms with E-state index in [1.165, 1.54) is 7.11 Å². The first kappa shape index (κ1) is 13.9.